The van der Waals surface area contributed by atoms with Crippen LogP contribution in [0.1, 0.15) is 30.6 Å². The second-order valence-corrected chi connectivity index (χ2v) is 4.55. The van der Waals surface area contributed by atoms with Gasteiger partial charge in [-0.15, -0.1) is 0 Å². The van der Waals surface area contributed by atoms with E-state index in [1.165, 1.54) is 18.2 Å². The molecule has 0 spiro atoms. The maximum Gasteiger partial charge on any atom is 0.446 e. The molecule has 100 valence electrons. The van der Waals surface area contributed by atoms with Crippen LogP contribution in [-0.2, 0) is 0 Å². The Morgan fingerprint density at radius 2 is 2.00 bits per heavy atom. The Kier molecular flexibility index (Phi) is 5.07. The summed E-state index contributed by atoms with van der Waals surface area (Å²) in [6.07, 6.45) is 0.284. The van der Waals surface area contributed by atoms with E-state index in [9.17, 15) is 18.0 Å². The molecule has 0 aliphatic heterocycles. The van der Waals surface area contributed by atoms with E-state index in [0.717, 1.165) is 0 Å². The van der Waals surface area contributed by atoms with Crippen LogP contribution in [0.15, 0.2) is 23.1 Å². The van der Waals surface area contributed by atoms with E-state index in [4.69, 9.17) is 4.74 Å². The Morgan fingerprint density at radius 1 is 1.33 bits per heavy atom. The molecule has 6 heteroatoms. The Morgan fingerprint density at radius 3 is 2.50 bits per heavy atom. The third-order valence-corrected chi connectivity index (χ3v) is 2.83. The lowest BCUT2D eigenvalue weighted by Gasteiger charge is -2.11. The van der Waals surface area contributed by atoms with Crippen LogP contribution < -0.4 is 4.74 Å². The molecule has 0 radical (unpaired) electrons. The lowest BCUT2D eigenvalue weighted by Crippen LogP contribution is -2.04. The van der Waals surface area contributed by atoms with Crippen LogP contribution >= 0.6 is 11.8 Å². The van der Waals surface area contributed by atoms with Crippen LogP contribution in [-0.4, -0.2) is 17.9 Å². The molecule has 0 aromatic heterocycles. The number of Topliss-reactive ketones (excluding diaryl/α,β-unsaturated/α-hetero) is 1. The number of ketones is 1. The average molecular weight is 278 g/mol. The fourth-order valence-electron chi connectivity index (χ4n) is 1.40. The smallest absolute Gasteiger partial charge is 0.446 e. The zero-order valence-electron chi connectivity index (χ0n) is 10.0. The summed E-state index contributed by atoms with van der Waals surface area (Å²) in [5.74, 6) is 0.0561. The van der Waals surface area contributed by atoms with Gasteiger partial charge in [0.15, 0.2) is 5.78 Å². The minimum atomic E-state index is -4.35. The number of halogens is 3. The first kappa shape index (κ1) is 14.9. The molecule has 0 saturated heterocycles. The van der Waals surface area contributed by atoms with Crippen LogP contribution in [0.4, 0.5) is 13.2 Å². The minimum absolute atomic E-state index is 0.0126. The first-order valence-electron chi connectivity index (χ1n) is 5.43. The van der Waals surface area contributed by atoms with Gasteiger partial charge >= 0.3 is 5.51 Å². The first-order chi connectivity index (χ1) is 8.37. The van der Waals surface area contributed by atoms with Crippen molar-refractivity contribution >= 4 is 17.5 Å². The third-order valence-electron chi connectivity index (χ3n) is 2.11. The standard InChI is InChI=1S/C12H13F3O2S/c1-3-10(16)9-6-5-8(18-12(13,14)15)7-11(9)17-4-2/h5-7H,3-4H2,1-2H3. The summed E-state index contributed by atoms with van der Waals surface area (Å²) in [5.41, 5.74) is -4.02. The number of rotatable bonds is 5. The van der Waals surface area contributed by atoms with Gasteiger partial charge in [0, 0.05) is 11.3 Å². The summed E-state index contributed by atoms with van der Waals surface area (Å²) >= 11 is -0.223. The zero-order chi connectivity index (χ0) is 13.8. The Labute approximate surface area is 108 Å². The molecule has 0 aliphatic rings. The predicted octanol–water partition coefficient (Wildman–Crippen LogP) is 4.29. The Balaban J connectivity index is 3.06. The number of carbonyl (C=O) groups is 1. The predicted molar refractivity (Wildman–Crippen MR) is 64.1 cm³/mol. The highest BCUT2D eigenvalue weighted by atomic mass is 32.2. The van der Waals surface area contributed by atoms with Gasteiger partial charge in [-0.2, -0.15) is 13.2 Å². The van der Waals surface area contributed by atoms with Gasteiger partial charge in [-0.3, -0.25) is 4.79 Å². The van der Waals surface area contributed by atoms with E-state index in [-0.39, 0.29) is 34.6 Å². The normalized spacial score (nSPS) is 11.4. The summed E-state index contributed by atoms with van der Waals surface area (Å²) < 4.78 is 41.9. The van der Waals surface area contributed by atoms with Gasteiger partial charge in [0.2, 0.25) is 0 Å². The molecule has 0 unspecified atom stereocenters. The van der Waals surface area contributed by atoms with Crippen molar-refractivity contribution in [3.63, 3.8) is 0 Å². The van der Waals surface area contributed by atoms with Gasteiger partial charge in [-0.25, -0.2) is 0 Å². The maximum atomic E-state index is 12.2. The molecule has 0 bridgehead atoms. The fourth-order valence-corrected chi connectivity index (χ4v) is 1.96. The highest BCUT2D eigenvalue weighted by Crippen LogP contribution is 2.38. The van der Waals surface area contributed by atoms with Crippen molar-refractivity contribution in [3.8, 4) is 5.75 Å². The van der Waals surface area contributed by atoms with E-state index in [1.54, 1.807) is 13.8 Å². The number of ether oxygens (including phenoxy) is 1. The van der Waals surface area contributed by atoms with Crippen molar-refractivity contribution < 1.29 is 22.7 Å². The number of hydrogen-bond donors (Lipinski definition) is 0. The lowest BCUT2D eigenvalue weighted by molar-refractivity contribution is -0.0328. The molecule has 1 aromatic rings. The van der Waals surface area contributed by atoms with E-state index in [0.29, 0.717) is 12.2 Å². The molecule has 2 nitrogen and oxygen atoms in total. The van der Waals surface area contributed by atoms with Crippen LogP contribution in [0, 0.1) is 0 Å². The lowest BCUT2D eigenvalue weighted by atomic mass is 10.1. The summed E-state index contributed by atoms with van der Waals surface area (Å²) in [7, 11) is 0. The first-order valence-corrected chi connectivity index (χ1v) is 6.24. The zero-order valence-corrected chi connectivity index (χ0v) is 10.8. The number of benzene rings is 1. The molecule has 0 aliphatic carbocycles. The topological polar surface area (TPSA) is 26.3 Å². The SMILES string of the molecule is CCOc1cc(SC(F)(F)F)ccc1C(=O)CC. The van der Waals surface area contributed by atoms with Gasteiger partial charge in [0.25, 0.3) is 0 Å². The third kappa shape index (κ3) is 4.25. The van der Waals surface area contributed by atoms with Crippen molar-refractivity contribution in [1.82, 2.24) is 0 Å². The molecule has 0 N–H and O–H groups in total. The summed E-state index contributed by atoms with van der Waals surface area (Å²) in [6, 6.07) is 3.92. The van der Waals surface area contributed by atoms with E-state index in [1.807, 2.05) is 0 Å². The van der Waals surface area contributed by atoms with Gasteiger partial charge in [0.05, 0.1) is 12.2 Å². The monoisotopic (exact) mass is 278 g/mol. The molecule has 18 heavy (non-hydrogen) atoms. The van der Waals surface area contributed by atoms with Gasteiger partial charge in [-0.1, -0.05) is 6.92 Å². The molecule has 1 aromatic carbocycles. The van der Waals surface area contributed by atoms with Crippen LogP contribution in [0.5, 0.6) is 5.75 Å². The maximum absolute atomic E-state index is 12.2. The highest BCUT2D eigenvalue weighted by Gasteiger charge is 2.29. The van der Waals surface area contributed by atoms with Crippen LogP contribution in [0.25, 0.3) is 0 Å². The number of thioether (sulfide) groups is 1. The number of alkyl halides is 3. The average Bonchev–Trinajstić information content (AvgIpc) is 2.27. The molecule has 0 saturated carbocycles. The molecular weight excluding hydrogens is 265 g/mol. The molecule has 0 amide bonds. The van der Waals surface area contributed by atoms with E-state index in [2.05, 4.69) is 0 Å². The van der Waals surface area contributed by atoms with Crippen molar-refractivity contribution in [1.29, 1.82) is 0 Å². The van der Waals surface area contributed by atoms with Gasteiger partial charge in [-0.05, 0) is 36.9 Å². The van der Waals surface area contributed by atoms with Crippen LogP contribution in [0.3, 0.4) is 0 Å². The van der Waals surface area contributed by atoms with Gasteiger partial charge < -0.3 is 4.74 Å². The van der Waals surface area contributed by atoms with E-state index < -0.39 is 5.51 Å². The highest BCUT2D eigenvalue weighted by molar-refractivity contribution is 8.00. The second-order valence-electron chi connectivity index (χ2n) is 3.42. The van der Waals surface area contributed by atoms with Crippen molar-refractivity contribution in [2.75, 3.05) is 6.61 Å². The summed E-state index contributed by atoms with van der Waals surface area (Å²) in [6.45, 7) is 3.70. The molecule has 0 atom stereocenters. The Bertz CT molecular complexity index is 430. The molecule has 1 rings (SSSR count). The summed E-state index contributed by atoms with van der Waals surface area (Å²) in [5, 5.41) is 0. The van der Waals surface area contributed by atoms with Gasteiger partial charge in [0.1, 0.15) is 5.75 Å². The quantitative estimate of drug-likeness (QED) is 0.593. The number of carbonyl (C=O) groups excluding carboxylic acids is 1. The number of hydrogen-bond acceptors (Lipinski definition) is 3. The fraction of sp³-hybridized carbons (Fsp3) is 0.417. The summed E-state index contributed by atoms with van der Waals surface area (Å²) in [4.78, 5) is 11.6. The van der Waals surface area contributed by atoms with E-state index >= 15 is 0 Å². The minimum Gasteiger partial charge on any atom is -0.493 e. The van der Waals surface area contributed by atoms with Crippen molar-refractivity contribution in [2.45, 2.75) is 30.7 Å². The van der Waals surface area contributed by atoms with Crippen LogP contribution in [0.2, 0.25) is 0 Å². The Hall–Kier alpha value is -1.17. The molecule has 0 fully saturated rings. The largest absolute Gasteiger partial charge is 0.493 e. The second kappa shape index (κ2) is 6.13. The molecular formula is C12H13F3O2S. The van der Waals surface area contributed by atoms with Crippen molar-refractivity contribution in [2.24, 2.45) is 0 Å². The van der Waals surface area contributed by atoms with Crippen molar-refractivity contribution in [3.05, 3.63) is 23.8 Å². The molecule has 0 heterocycles.